The fourth-order valence-corrected chi connectivity index (χ4v) is 6.94. The average Bonchev–Trinajstić information content (AvgIpc) is 4.01. The first-order valence-electron chi connectivity index (χ1n) is 23.8. The van der Waals surface area contributed by atoms with E-state index in [1.807, 2.05) is 83.1 Å². The van der Waals surface area contributed by atoms with E-state index in [1.165, 1.54) is 0 Å². The van der Waals surface area contributed by atoms with Gasteiger partial charge in [0.2, 0.25) is 29.5 Å². The first-order chi connectivity index (χ1) is 30.3. The van der Waals surface area contributed by atoms with E-state index in [9.17, 15) is 24.0 Å². The SMILES string of the molecule is CC(C)OCCC(=O)N1CCCC1C(=O)NCOC(C)C.CC(C)OCCC(=O)N1CCCC1C(=O)NCOC(C)C.CC(C)OCCOCCN1CCCC1C(=O)NCOC(C)C. The molecule has 374 valence electrons. The summed E-state index contributed by atoms with van der Waals surface area (Å²) in [5.74, 6) is -0.241. The quantitative estimate of drug-likeness (QED) is 0.0792. The van der Waals surface area contributed by atoms with Gasteiger partial charge in [0.1, 0.15) is 32.3 Å². The number of nitrogens with zero attached hydrogens (tertiary/aromatic N) is 3. The second kappa shape index (κ2) is 34.4. The summed E-state index contributed by atoms with van der Waals surface area (Å²) >= 11 is 0. The molecule has 0 radical (unpaired) electrons. The number of amides is 5. The molecule has 3 fully saturated rings. The second-order valence-electron chi connectivity index (χ2n) is 17.8. The van der Waals surface area contributed by atoms with Gasteiger partial charge in [-0.05, 0) is 128 Å². The third-order valence-corrected chi connectivity index (χ3v) is 10.1. The molecule has 0 spiro atoms. The summed E-state index contributed by atoms with van der Waals surface area (Å²) in [4.78, 5) is 66.2. The highest BCUT2D eigenvalue weighted by Crippen LogP contribution is 2.20. The normalized spacial score (nSPS) is 18.8. The minimum Gasteiger partial charge on any atom is -0.378 e. The monoisotopic (exact) mass is 917 g/mol. The second-order valence-corrected chi connectivity index (χ2v) is 17.8. The lowest BCUT2D eigenvalue weighted by atomic mass is 10.2. The largest absolute Gasteiger partial charge is 0.378 e. The van der Waals surface area contributed by atoms with Gasteiger partial charge in [-0.3, -0.25) is 28.9 Å². The van der Waals surface area contributed by atoms with Gasteiger partial charge in [0.25, 0.3) is 0 Å². The van der Waals surface area contributed by atoms with Crippen molar-refractivity contribution in [1.29, 1.82) is 0 Å². The van der Waals surface area contributed by atoms with Crippen LogP contribution in [0.15, 0.2) is 0 Å². The summed E-state index contributed by atoms with van der Waals surface area (Å²) in [5.41, 5.74) is 0. The summed E-state index contributed by atoms with van der Waals surface area (Å²) in [7, 11) is 0. The maximum Gasteiger partial charge on any atom is 0.244 e. The van der Waals surface area contributed by atoms with E-state index in [0.29, 0.717) is 71.8 Å². The molecule has 0 aromatic carbocycles. The minimum atomic E-state index is -0.368. The topological polar surface area (TPSA) is 196 Å². The third kappa shape index (κ3) is 26.9. The Morgan fingerprint density at radius 2 is 0.781 bits per heavy atom. The van der Waals surface area contributed by atoms with Gasteiger partial charge >= 0.3 is 0 Å². The van der Waals surface area contributed by atoms with Crippen molar-refractivity contribution in [3.63, 3.8) is 0 Å². The number of likely N-dealkylation sites (tertiary alicyclic amines) is 3. The Bertz CT molecular complexity index is 1170. The van der Waals surface area contributed by atoms with Gasteiger partial charge in [0.05, 0.1) is 88.5 Å². The molecule has 3 rings (SSSR count). The molecule has 5 amide bonds. The zero-order valence-corrected chi connectivity index (χ0v) is 41.6. The van der Waals surface area contributed by atoms with Crippen LogP contribution >= 0.6 is 0 Å². The molecule has 0 aromatic rings. The Morgan fingerprint density at radius 1 is 0.438 bits per heavy atom. The van der Waals surface area contributed by atoms with Crippen LogP contribution in [0.5, 0.6) is 0 Å². The average molecular weight is 917 g/mol. The van der Waals surface area contributed by atoms with E-state index in [-0.39, 0.29) is 104 Å². The number of hydrogen-bond acceptors (Lipinski definition) is 13. The molecular weight excluding hydrogens is 829 g/mol. The molecule has 18 heteroatoms. The molecule has 3 N–H and O–H groups in total. The number of rotatable bonds is 27. The molecular formula is C46H88N6O12. The molecule has 3 saturated heterocycles. The van der Waals surface area contributed by atoms with Gasteiger partial charge < -0.3 is 58.9 Å². The van der Waals surface area contributed by atoms with Crippen molar-refractivity contribution < 1.29 is 57.1 Å². The van der Waals surface area contributed by atoms with Crippen molar-refractivity contribution >= 4 is 29.5 Å². The van der Waals surface area contributed by atoms with Crippen LogP contribution in [0.1, 0.15) is 134 Å². The van der Waals surface area contributed by atoms with E-state index >= 15 is 0 Å². The fourth-order valence-electron chi connectivity index (χ4n) is 6.94. The highest BCUT2D eigenvalue weighted by atomic mass is 16.5. The Balaban J connectivity index is 0.000000480. The molecule has 64 heavy (non-hydrogen) atoms. The zero-order valence-electron chi connectivity index (χ0n) is 41.6. The summed E-state index contributed by atoms with van der Waals surface area (Å²) in [6, 6.07) is -0.786. The highest BCUT2D eigenvalue weighted by Gasteiger charge is 2.35. The van der Waals surface area contributed by atoms with Crippen molar-refractivity contribution in [3.8, 4) is 0 Å². The summed E-state index contributed by atoms with van der Waals surface area (Å²) in [5, 5.41) is 8.30. The van der Waals surface area contributed by atoms with E-state index in [2.05, 4.69) is 20.9 Å². The van der Waals surface area contributed by atoms with E-state index in [1.54, 1.807) is 9.80 Å². The first-order valence-corrected chi connectivity index (χ1v) is 23.8. The van der Waals surface area contributed by atoms with Gasteiger partial charge in [-0.25, -0.2) is 0 Å². The van der Waals surface area contributed by atoms with Crippen LogP contribution in [0, 0.1) is 0 Å². The smallest absolute Gasteiger partial charge is 0.244 e. The number of nitrogens with one attached hydrogen (secondary N) is 3. The maximum absolute atomic E-state index is 12.2. The molecule has 0 bridgehead atoms. The van der Waals surface area contributed by atoms with E-state index < -0.39 is 0 Å². The number of hydrogen-bond donors (Lipinski definition) is 3. The number of carbonyl (C=O) groups excluding carboxylic acids is 5. The van der Waals surface area contributed by atoms with Crippen LogP contribution in [-0.4, -0.2) is 178 Å². The van der Waals surface area contributed by atoms with Crippen molar-refractivity contribution in [2.75, 3.05) is 79.4 Å². The predicted octanol–water partition coefficient (Wildman–Crippen LogP) is 3.97. The van der Waals surface area contributed by atoms with Gasteiger partial charge in [0, 0.05) is 19.6 Å². The van der Waals surface area contributed by atoms with Gasteiger partial charge in [-0.2, -0.15) is 0 Å². The lowest BCUT2D eigenvalue weighted by Gasteiger charge is -2.24. The van der Waals surface area contributed by atoms with Crippen molar-refractivity contribution in [2.45, 2.75) is 189 Å². The van der Waals surface area contributed by atoms with Crippen LogP contribution in [0.4, 0.5) is 0 Å². The molecule has 3 unspecified atom stereocenters. The molecule has 3 atom stereocenters. The lowest BCUT2D eigenvalue weighted by molar-refractivity contribution is -0.140. The van der Waals surface area contributed by atoms with Crippen molar-refractivity contribution in [3.05, 3.63) is 0 Å². The lowest BCUT2D eigenvalue weighted by Crippen LogP contribution is -2.46. The first kappa shape index (κ1) is 59.0. The molecule has 0 saturated carbocycles. The Labute approximate surface area is 385 Å². The standard InChI is InChI=1S/C16H32N2O4.2C15H28N2O4/c1-13(2)21-11-10-20-9-8-18-7-5-6-15(18)16(19)17-12-22-14(3)4;2*1-11(2)20-9-7-14(18)17-8-5-6-13(17)15(19)16-10-21-12(3)4/h13-15H,5-12H2,1-4H3,(H,17,19);2*11-13H,5-10H2,1-4H3,(H,16,19). The molecule has 0 aliphatic carbocycles. The molecule has 3 heterocycles. The van der Waals surface area contributed by atoms with Gasteiger partial charge in [-0.15, -0.1) is 0 Å². The minimum absolute atomic E-state index is 0.0157. The summed E-state index contributed by atoms with van der Waals surface area (Å²) in [6.07, 6.45) is 6.49. The maximum atomic E-state index is 12.2. The Kier molecular flexibility index (Phi) is 31.7. The molecule has 0 aromatic heterocycles. The van der Waals surface area contributed by atoms with Crippen LogP contribution in [0.3, 0.4) is 0 Å². The molecule has 18 nitrogen and oxygen atoms in total. The van der Waals surface area contributed by atoms with Gasteiger partial charge in [-0.1, -0.05) is 0 Å². The van der Waals surface area contributed by atoms with Crippen LogP contribution in [0.2, 0.25) is 0 Å². The van der Waals surface area contributed by atoms with Crippen molar-refractivity contribution in [1.82, 2.24) is 30.7 Å². The Morgan fingerprint density at radius 3 is 1.17 bits per heavy atom. The molecule has 3 aliphatic rings. The van der Waals surface area contributed by atoms with Crippen LogP contribution < -0.4 is 16.0 Å². The number of ether oxygens (including phenoxy) is 7. The van der Waals surface area contributed by atoms with E-state index in [4.69, 9.17) is 33.2 Å². The highest BCUT2D eigenvalue weighted by molar-refractivity contribution is 5.89. The third-order valence-electron chi connectivity index (χ3n) is 10.1. The van der Waals surface area contributed by atoms with Crippen LogP contribution in [0.25, 0.3) is 0 Å². The summed E-state index contributed by atoms with van der Waals surface area (Å²) in [6.45, 7) is 29.6. The predicted molar refractivity (Wildman–Crippen MR) is 245 cm³/mol. The summed E-state index contributed by atoms with van der Waals surface area (Å²) < 4.78 is 37.7. The molecule has 3 aliphatic heterocycles. The fraction of sp³-hybridized carbons (Fsp3) is 0.891. The zero-order chi connectivity index (χ0) is 48.0. The van der Waals surface area contributed by atoms with E-state index in [0.717, 1.165) is 38.8 Å². The Hall–Kier alpha value is -2.97. The number of carbonyl (C=O) groups is 5. The van der Waals surface area contributed by atoms with Gasteiger partial charge in [0.15, 0.2) is 0 Å². The van der Waals surface area contributed by atoms with Crippen molar-refractivity contribution in [2.24, 2.45) is 0 Å². The van der Waals surface area contributed by atoms with Crippen LogP contribution in [-0.2, 0) is 57.1 Å².